The zero-order chi connectivity index (χ0) is 18.4. The molecule has 0 atom stereocenters. The molecule has 2 aromatic carbocycles. The summed E-state index contributed by atoms with van der Waals surface area (Å²) < 4.78 is 5.48. The Kier molecular flexibility index (Phi) is 6.23. The molecule has 0 bridgehead atoms. The van der Waals surface area contributed by atoms with Gasteiger partial charge in [0.05, 0.1) is 6.61 Å². The third-order valence-electron chi connectivity index (χ3n) is 4.44. The van der Waals surface area contributed by atoms with Crippen LogP contribution < -0.4 is 15.0 Å². The van der Waals surface area contributed by atoms with E-state index in [1.165, 1.54) is 0 Å². The van der Waals surface area contributed by atoms with E-state index in [9.17, 15) is 4.79 Å². The van der Waals surface area contributed by atoms with Crippen LogP contribution in [-0.4, -0.2) is 43.7 Å². The molecule has 1 aliphatic rings. The molecule has 6 heteroatoms. The van der Waals surface area contributed by atoms with Gasteiger partial charge in [0.25, 0.3) is 0 Å². The number of piperazine rings is 1. The molecule has 0 aliphatic carbocycles. The third-order valence-corrected chi connectivity index (χ3v) is 4.69. The molecular formula is C20H24ClN3O2. The molecule has 0 spiro atoms. The standard InChI is InChI=1S/C20H24ClN3O2/c1-2-26-19-9-7-18(8-10-19)23-11-13-24(14-12-23)20(25)22-15-16-3-5-17(21)6-4-16/h3-10H,2,11-15H2,1H3,(H,22,25). The number of rotatable bonds is 5. The van der Waals surface area contributed by atoms with Crippen LogP contribution in [0.5, 0.6) is 5.75 Å². The van der Waals surface area contributed by atoms with Crippen molar-refractivity contribution in [3.05, 3.63) is 59.1 Å². The van der Waals surface area contributed by atoms with Gasteiger partial charge in [-0.3, -0.25) is 0 Å². The van der Waals surface area contributed by atoms with Crippen molar-refractivity contribution >= 4 is 23.3 Å². The van der Waals surface area contributed by atoms with Gasteiger partial charge in [0, 0.05) is 43.4 Å². The maximum atomic E-state index is 12.4. The van der Waals surface area contributed by atoms with Gasteiger partial charge >= 0.3 is 6.03 Å². The van der Waals surface area contributed by atoms with Crippen molar-refractivity contribution in [2.45, 2.75) is 13.5 Å². The van der Waals surface area contributed by atoms with Crippen LogP contribution in [0.1, 0.15) is 12.5 Å². The van der Waals surface area contributed by atoms with Gasteiger partial charge in [-0.15, -0.1) is 0 Å². The van der Waals surface area contributed by atoms with Gasteiger partial charge in [-0.05, 0) is 48.9 Å². The molecule has 1 N–H and O–H groups in total. The second-order valence-corrected chi connectivity index (χ2v) is 6.62. The lowest BCUT2D eigenvalue weighted by atomic mass is 10.2. The summed E-state index contributed by atoms with van der Waals surface area (Å²) in [5.74, 6) is 0.886. The van der Waals surface area contributed by atoms with E-state index in [1.807, 2.05) is 48.2 Å². The van der Waals surface area contributed by atoms with Crippen molar-refractivity contribution in [1.29, 1.82) is 0 Å². The Morgan fingerprint density at radius 2 is 1.69 bits per heavy atom. The van der Waals surface area contributed by atoms with E-state index >= 15 is 0 Å². The highest BCUT2D eigenvalue weighted by molar-refractivity contribution is 6.30. The first-order valence-electron chi connectivity index (χ1n) is 8.90. The van der Waals surface area contributed by atoms with Crippen molar-refractivity contribution in [2.75, 3.05) is 37.7 Å². The molecule has 2 aromatic rings. The van der Waals surface area contributed by atoms with E-state index in [2.05, 4.69) is 22.3 Å². The number of hydrogen-bond acceptors (Lipinski definition) is 3. The molecule has 5 nitrogen and oxygen atoms in total. The lowest BCUT2D eigenvalue weighted by Crippen LogP contribution is -2.51. The van der Waals surface area contributed by atoms with Crippen molar-refractivity contribution in [2.24, 2.45) is 0 Å². The van der Waals surface area contributed by atoms with E-state index in [1.54, 1.807) is 0 Å². The first-order chi connectivity index (χ1) is 12.7. The summed E-state index contributed by atoms with van der Waals surface area (Å²) in [6.45, 7) is 6.22. The minimum absolute atomic E-state index is 0.0220. The van der Waals surface area contributed by atoms with Gasteiger partial charge in [0.2, 0.25) is 0 Å². The van der Waals surface area contributed by atoms with Crippen molar-refractivity contribution in [1.82, 2.24) is 10.2 Å². The number of hydrogen-bond donors (Lipinski definition) is 1. The van der Waals surface area contributed by atoms with Crippen LogP contribution in [0.15, 0.2) is 48.5 Å². The number of nitrogens with one attached hydrogen (secondary N) is 1. The first kappa shape index (κ1) is 18.4. The number of carbonyl (C=O) groups excluding carboxylic acids is 1. The summed E-state index contributed by atoms with van der Waals surface area (Å²) in [7, 11) is 0. The highest BCUT2D eigenvalue weighted by atomic mass is 35.5. The average molecular weight is 374 g/mol. The largest absolute Gasteiger partial charge is 0.494 e. The van der Waals surface area contributed by atoms with Crippen LogP contribution in [0.3, 0.4) is 0 Å². The molecule has 2 amide bonds. The highest BCUT2D eigenvalue weighted by Crippen LogP contribution is 2.20. The van der Waals surface area contributed by atoms with Crippen molar-refractivity contribution < 1.29 is 9.53 Å². The third kappa shape index (κ3) is 4.82. The van der Waals surface area contributed by atoms with E-state index in [0.717, 1.165) is 30.1 Å². The lowest BCUT2D eigenvalue weighted by molar-refractivity contribution is 0.194. The quantitative estimate of drug-likeness (QED) is 0.867. The van der Waals surface area contributed by atoms with E-state index in [0.29, 0.717) is 31.3 Å². The number of halogens is 1. The minimum atomic E-state index is -0.0220. The molecule has 1 aliphatic heterocycles. The summed E-state index contributed by atoms with van der Waals surface area (Å²) in [5, 5.41) is 3.67. The highest BCUT2D eigenvalue weighted by Gasteiger charge is 2.21. The summed E-state index contributed by atoms with van der Waals surface area (Å²) >= 11 is 5.88. The number of benzene rings is 2. The van der Waals surface area contributed by atoms with Crippen LogP contribution in [0.2, 0.25) is 5.02 Å². The molecule has 0 unspecified atom stereocenters. The molecule has 1 heterocycles. The van der Waals surface area contributed by atoms with Crippen LogP contribution in [0.4, 0.5) is 10.5 Å². The normalized spacial score (nSPS) is 14.2. The van der Waals surface area contributed by atoms with Gasteiger partial charge in [-0.2, -0.15) is 0 Å². The average Bonchev–Trinajstić information content (AvgIpc) is 2.68. The fourth-order valence-electron chi connectivity index (χ4n) is 2.98. The van der Waals surface area contributed by atoms with E-state index < -0.39 is 0 Å². The van der Waals surface area contributed by atoms with Crippen molar-refractivity contribution in [3.63, 3.8) is 0 Å². The summed E-state index contributed by atoms with van der Waals surface area (Å²) in [4.78, 5) is 16.5. The van der Waals surface area contributed by atoms with E-state index in [4.69, 9.17) is 16.3 Å². The zero-order valence-corrected chi connectivity index (χ0v) is 15.7. The van der Waals surface area contributed by atoms with E-state index in [-0.39, 0.29) is 6.03 Å². The second-order valence-electron chi connectivity index (χ2n) is 6.19. The second kappa shape index (κ2) is 8.81. The fraction of sp³-hybridized carbons (Fsp3) is 0.350. The minimum Gasteiger partial charge on any atom is -0.494 e. The number of nitrogens with zero attached hydrogens (tertiary/aromatic N) is 2. The molecule has 1 saturated heterocycles. The number of ether oxygens (including phenoxy) is 1. The molecular weight excluding hydrogens is 350 g/mol. The first-order valence-corrected chi connectivity index (χ1v) is 9.28. The summed E-state index contributed by atoms with van der Waals surface area (Å²) in [6.07, 6.45) is 0. The Bertz CT molecular complexity index is 711. The lowest BCUT2D eigenvalue weighted by Gasteiger charge is -2.36. The SMILES string of the molecule is CCOc1ccc(N2CCN(C(=O)NCc3ccc(Cl)cc3)CC2)cc1. The fourth-order valence-corrected chi connectivity index (χ4v) is 3.11. The number of anilines is 1. The van der Waals surface area contributed by atoms with Crippen LogP contribution in [0.25, 0.3) is 0 Å². The summed E-state index contributed by atoms with van der Waals surface area (Å²) in [5.41, 5.74) is 2.20. The topological polar surface area (TPSA) is 44.8 Å². The molecule has 3 rings (SSSR count). The predicted octanol–water partition coefficient (Wildman–Crippen LogP) is 3.77. The van der Waals surface area contributed by atoms with Crippen LogP contribution >= 0.6 is 11.6 Å². The van der Waals surface area contributed by atoms with Crippen LogP contribution in [0, 0.1) is 0 Å². The number of carbonyl (C=O) groups is 1. The van der Waals surface area contributed by atoms with Crippen molar-refractivity contribution in [3.8, 4) is 5.75 Å². The molecule has 138 valence electrons. The van der Waals surface area contributed by atoms with Gasteiger partial charge in [-0.1, -0.05) is 23.7 Å². The molecule has 26 heavy (non-hydrogen) atoms. The number of amides is 2. The smallest absolute Gasteiger partial charge is 0.317 e. The Labute approximate surface area is 159 Å². The molecule has 0 aromatic heterocycles. The van der Waals surface area contributed by atoms with Gasteiger partial charge in [0.1, 0.15) is 5.75 Å². The van der Waals surface area contributed by atoms with Crippen LogP contribution in [-0.2, 0) is 6.54 Å². The molecule has 0 saturated carbocycles. The monoisotopic (exact) mass is 373 g/mol. The Balaban J connectivity index is 1.46. The maximum absolute atomic E-state index is 12.4. The summed E-state index contributed by atoms with van der Waals surface area (Å²) in [6, 6.07) is 15.6. The Morgan fingerprint density at radius 3 is 2.31 bits per heavy atom. The van der Waals surface area contributed by atoms with Gasteiger partial charge in [-0.25, -0.2) is 4.79 Å². The maximum Gasteiger partial charge on any atom is 0.317 e. The Hall–Kier alpha value is -2.40. The Morgan fingerprint density at radius 1 is 1.04 bits per heavy atom. The predicted molar refractivity (Wildman–Crippen MR) is 105 cm³/mol. The molecule has 1 fully saturated rings. The zero-order valence-electron chi connectivity index (χ0n) is 15.0. The van der Waals surface area contributed by atoms with Gasteiger partial charge in [0.15, 0.2) is 0 Å². The number of urea groups is 1. The van der Waals surface area contributed by atoms with Gasteiger partial charge < -0.3 is 19.9 Å². The molecule has 0 radical (unpaired) electrons.